The normalized spacial score (nSPS) is 27.4. The highest BCUT2D eigenvalue weighted by Gasteiger charge is 2.56. The van der Waals surface area contributed by atoms with E-state index in [1.54, 1.807) is 6.92 Å². The number of aliphatic carboxylic acids is 2. The van der Waals surface area contributed by atoms with E-state index in [2.05, 4.69) is 6.58 Å². The van der Waals surface area contributed by atoms with E-state index in [9.17, 15) is 24.6 Å². The van der Waals surface area contributed by atoms with Crippen molar-refractivity contribution in [3.63, 3.8) is 0 Å². The molecule has 0 aliphatic heterocycles. The van der Waals surface area contributed by atoms with Crippen LogP contribution >= 0.6 is 0 Å². The maximum atomic E-state index is 11.8. The highest BCUT2D eigenvalue weighted by atomic mass is 16.5. The molecule has 3 atom stereocenters. The van der Waals surface area contributed by atoms with E-state index in [0.29, 0.717) is 12.8 Å². The first-order chi connectivity index (χ1) is 9.40. The highest BCUT2D eigenvalue weighted by Crippen LogP contribution is 2.46. The van der Waals surface area contributed by atoms with Gasteiger partial charge in [0.15, 0.2) is 0 Å². The molecule has 1 saturated carbocycles. The largest absolute Gasteiger partial charge is 0.481 e. The first-order valence-electron chi connectivity index (χ1n) is 6.69. The Labute approximate surface area is 117 Å². The van der Waals surface area contributed by atoms with Crippen LogP contribution in [0.2, 0.25) is 0 Å². The zero-order valence-electron chi connectivity index (χ0n) is 11.5. The topological polar surface area (TPSA) is 101 Å². The minimum Gasteiger partial charge on any atom is -0.481 e. The van der Waals surface area contributed by atoms with Crippen molar-refractivity contribution in [3.05, 3.63) is 12.7 Å². The molecule has 1 aliphatic carbocycles. The molecule has 0 spiro atoms. The molecule has 0 aromatic carbocycles. The Bertz CT molecular complexity index is 416. The fourth-order valence-corrected chi connectivity index (χ4v) is 3.06. The van der Waals surface area contributed by atoms with Crippen LogP contribution in [-0.2, 0) is 19.1 Å². The first-order valence-corrected chi connectivity index (χ1v) is 6.69. The monoisotopic (exact) mass is 284 g/mol. The van der Waals surface area contributed by atoms with Gasteiger partial charge in [-0.1, -0.05) is 26.3 Å². The van der Waals surface area contributed by atoms with Gasteiger partial charge in [0.2, 0.25) is 0 Å². The van der Waals surface area contributed by atoms with Gasteiger partial charge < -0.3 is 14.9 Å². The molecule has 6 nitrogen and oxygen atoms in total. The van der Waals surface area contributed by atoms with Crippen LogP contribution in [0, 0.1) is 11.3 Å². The lowest BCUT2D eigenvalue weighted by atomic mass is 9.62. The van der Waals surface area contributed by atoms with E-state index < -0.39 is 35.3 Å². The molecular formula is C14H20O6. The number of hydrogen-bond donors (Lipinski definition) is 2. The number of rotatable bonds is 6. The summed E-state index contributed by atoms with van der Waals surface area (Å²) in [7, 11) is 0. The van der Waals surface area contributed by atoms with Crippen LogP contribution in [0.15, 0.2) is 12.7 Å². The maximum absolute atomic E-state index is 11.8. The summed E-state index contributed by atoms with van der Waals surface area (Å²) in [6.07, 6.45) is 1.99. The maximum Gasteiger partial charge on any atom is 0.330 e. The number of carboxylic acid groups (broad SMARTS) is 2. The lowest BCUT2D eigenvalue weighted by Gasteiger charge is -2.42. The van der Waals surface area contributed by atoms with Gasteiger partial charge >= 0.3 is 17.9 Å². The number of ether oxygens (including phenoxy) is 1. The Morgan fingerprint density at radius 3 is 2.50 bits per heavy atom. The van der Waals surface area contributed by atoms with Gasteiger partial charge in [0, 0.05) is 6.08 Å². The fraction of sp³-hybridized carbons (Fsp3) is 0.643. The van der Waals surface area contributed by atoms with Crippen LogP contribution in [-0.4, -0.2) is 34.2 Å². The molecule has 6 heteroatoms. The highest BCUT2D eigenvalue weighted by molar-refractivity contribution is 5.86. The van der Waals surface area contributed by atoms with E-state index in [0.717, 1.165) is 6.08 Å². The number of esters is 1. The van der Waals surface area contributed by atoms with Crippen molar-refractivity contribution < 1.29 is 29.3 Å². The average Bonchev–Trinajstić information content (AvgIpc) is 2.43. The van der Waals surface area contributed by atoms with E-state index >= 15 is 0 Å². The standard InChI is InChI=1S/C14H20O6/c1-3-10(20-11(15)4-2)14(13(18)19)8-6-5-7-9(14)12(16)17/h4,9-10H,2-3,5-8H2,1H3,(H,16,17)(H,18,19). The second-order valence-electron chi connectivity index (χ2n) is 5.02. The molecule has 0 saturated heterocycles. The van der Waals surface area contributed by atoms with Crippen LogP contribution in [0.1, 0.15) is 39.0 Å². The van der Waals surface area contributed by atoms with Crippen LogP contribution in [0.3, 0.4) is 0 Å². The number of carboxylic acids is 2. The summed E-state index contributed by atoms with van der Waals surface area (Å²) in [4.78, 5) is 34.6. The summed E-state index contributed by atoms with van der Waals surface area (Å²) in [5.41, 5.74) is -1.56. The molecule has 112 valence electrons. The lowest BCUT2D eigenvalue weighted by molar-refractivity contribution is -0.184. The van der Waals surface area contributed by atoms with E-state index in [-0.39, 0.29) is 19.3 Å². The van der Waals surface area contributed by atoms with Gasteiger partial charge in [0.1, 0.15) is 11.5 Å². The van der Waals surface area contributed by atoms with E-state index in [1.807, 2.05) is 0 Å². The third-order valence-electron chi connectivity index (χ3n) is 4.02. The van der Waals surface area contributed by atoms with Gasteiger partial charge in [-0.15, -0.1) is 0 Å². The molecule has 0 bridgehead atoms. The molecular weight excluding hydrogens is 264 g/mol. The summed E-state index contributed by atoms with van der Waals surface area (Å²) in [6.45, 7) is 4.96. The molecule has 1 rings (SSSR count). The van der Waals surface area contributed by atoms with Gasteiger partial charge in [0.25, 0.3) is 0 Å². The van der Waals surface area contributed by atoms with Gasteiger partial charge in [-0.2, -0.15) is 0 Å². The van der Waals surface area contributed by atoms with Crippen molar-refractivity contribution in [1.82, 2.24) is 0 Å². The lowest BCUT2D eigenvalue weighted by Crippen LogP contribution is -2.53. The zero-order chi connectivity index (χ0) is 15.3. The Morgan fingerprint density at radius 1 is 1.40 bits per heavy atom. The first kappa shape index (κ1) is 16.2. The second kappa shape index (κ2) is 6.54. The number of carbonyl (C=O) groups is 3. The van der Waals surface area contributed by atoms with Gasteiger partial charge in [-0.05, 0) is 19.3 Å². The smallest absolute Gasteiger partial charge is 0.330 e. The SMILES string of the molecule is C=CC(=O)OC(CC)C1(C(=O)O)CCCCC1C(=O)O. The van der Waals surface area contributed by atoms with Crippen LogP contribution < -0.4 is 0 Å². The quantitative estimate of drug-likeness (QED) is 0.570. The minimum atomic E-state index is -1.56. The molecule has 1 fully saturated rings. The molecule has 0 amide bonds. The summed E-state index contributed by atoms with van der Waals surface area (Å²) in [5, 5.41) is 18.9. The van der Waals surface area contributed by atoms with Crippen LogP contribution in [0.4, 0.5) is 0 Å². The third-order valence-corrected chi connectivity index (χ3v) is 4.02. The van der Waals surface area contributed by atoms with Crippen molar-refractivity contribution in [1.29, 1.82) is 0 Å². The van der Waals surface area contributed by atoms with Gasteiger partial charge in [0.05, 0.1) is 5.92 Å². The predicted octanol–water partition coefficient (Wildman–Crippen LogP) is 1.84. The van der Waals surface area contributed by atoms with Crippen LogP contribution in [0.5, 0.6) is 0 Å². The molecule has 3 unspecified atom stereocenters. The summed E-state index contributed by atoms with van der Waals surface area (Å²) in [6, 6.07) is 0. The van der Waals surface area contributed by atoms with Crippen molar-refractivity contribution in [3.8, 4) is 0 Å². The van der Waals surface area contributed by atoms with Crippen molar-refractivity contribution >= 4 is 17.9 Å². The van der Waals surface area contributed by atoms with Gasteiger partial charge in [-0.3, -0.25) is 9.59 Å². The fourth-order valence-electron chi connectivity index (χ4n) is 3.06. The van der Waals surface area contributed by atoms with Crippen molar-refractivity contribution in [2.45, 2.75) is 45.1 Å². The van der Waals surface area contributed by atoms with Crippen molar-refractivity contribution in [2.24, 2.45) is 11.3 Å². The molecule has 0 aromatic rings. The molecule has 0 heterocycles. The Morgan fingerprint density at radius 2 is 2.05 bits per heavy atom. The summed E-state index contributed by atoms with van der Waals surface area (Å²) in [5.74, 6) is -4.14. The summed E-state index contributed by atoms with van der Waals surface area (Å²) < 4.78 is 5.13. The van der Waals surface area contributed by atoms with Gasteiger partial charge in [-0.25, -0.2) is 4.79 Å². The predicted molar refractivity (Wildman–Crippen MR) is 70.0 cm³/mol. The van der Waals surface area contributed by atoms with Crippen molar-refractivity contribution in [2.75, 3.05) is 0 Å². The number of hydrogen-bond acceptors (Lipinski definition) is 4. The van der Waals surface area contributed by atoms with E-state index in [1.165, 1.54) is 0 Å². The molecule has 0 aromatic heterocycles. The Balaban J connectivity index is 3.21. The Kier molecular flexibility index (Phi) is 5.30. The summed E-state index contributed by atoms with van der Waals surface area (Å²) >= 11 is 0. The molecule has 0 radical (unpaired) electrons. The number of carbonyl (C=O) groups excluding carboxylic acids is 1. The Hall–Kier alpha value is -1.85. The third kappa shape index (κ3) is 2.84. The average molecular weight is 284 g/mol. The molecule has 2 N–H and O–H groups in total. The second-order valence-corrected chi connectivity index (χ2v) is 5.02. The minimum absolute atomic E-state index is 0.197. The van der Waals surface area contributed by atoms with Crippen LogP contribution in [0.25, 0.3) is 0 Å². The molecule has 1 aliphatic rings. The van der Waals surface area contributed by atoms with E-state index in [4.69, 9.17) is 4.74 Å². The molecule has 20 heavy (non-hydrogen) atoms. The zero-order valence-corrected chi connectivity index (χ0v) is 11.5.